The molecule has 8 nitrogen and oxygen atoms in total. The summed E-state index contributed by atoms with van der Waals surface area (Å²) in [4.78, 5) is 14.1. The molecule has 0 aliphatic rings. The highest BCUT2D eigenvalue weighted by Gasteiger charge is 2.27. The van der Waals surface area contributed by atoms with Crippen molar-refractivity contribution in [3.05, 3.63) is 23.3 Å². The van der Waals surface area contributed by atoms with Crippen LogP contribution in [0.5, 0.6) is 5.75 Å². The van der Waals surface area contributed by atoms with Crippen LogP contribution in [0.1, 0.15) is 17.5 Å². The first-order valence-corrected chi connectivity index (χ1v) is 10.6. The number of sulfonamides is 1. The Bertz CT molecular complexity index is 729. The molecule has 0 bridgehead atoms. The molecule has 1 amide bonds. The molecular formula is C19H33N3O5S. The van der Waals surface area contributed by atoms with E-state index < -0.39 is 10.0 Å². The number of benzene rings is 1. The maximum Gasteiger partial charge on any atom is 0.243 e. The molecule has 0 spiro atoms. The number of hydrogen-bond acceptors (Lipinski definition) is 6. The number of likely N-dealkylation sites (N-methyl/N-ethyl adjacent to an activating group) is 2. The Balaban J connectivity index is 3.06. The van der Waals surface area contributed by atoms with Gasteiger partial charge in [0, 0.05) is 40.4 Å². The van der Waals surface area contributed by atoms with Gasteiger partial charge in [0.1, 0.15) is 5.75 Å². The van der Waals surface area contributed by atoms with Crippen molar-refractivity contribution in [2.24, 2.45) is 0 Å². The number of amides is 1. The Morgan fingerprint density at radius 1 is 1.11 bits per heavy atom. The molecular weight excluding hydrogens is 382 g/mol. The number of aryl methyl sites for hydroxylation is 2. The van der Waals surface area contributed by atoms with Gasteiger partial charge in [-0.05, 0) is 50.6 Å². The maximum absolute atomic E-state index is 13.2. The van der Waals surface area contributed by atoms with Crippen molar-refractivity contribution >= 4 is 15.9 Å². The van der Waals surface area contributed by atoms with Crippen molar-refractivity contribution in [3.8, 4) is 5.75 Å². The van der Waals surface area contributed by atoms with Crippen molar-refractivity contribution in [1.29, 1.82) is 0 Å². The fourth-order valence-corrected chi connectivity index (χ4v) is 4.49. The molecule has 0 radical (unpaired) electrons. The summed E-state index contributed by atoms with van der Waals surface area (Å²) in [6, 6.07) is 3.17. The second kappa shape index (κ2) is 11.4. The van der Waals surface area contributed by atoms with Crippen LogP contribution in [0, 0.1) is 13.8 Å². The third kappa shape index (κ3) is 6.73. The Kier molecular flexibility index (Phi) is 9.88. The quantitative estimate of drug-likeness (QED) is 0.513. The summed E-state index contributed by atoms with van der Waals surface area (Å²) in [5.74, 6) is 0.308. The third-order valence-corrected chi connectivity index (χ3v) is 6.32. The summed E-state index contributed by atoms with van der Waals surface area (Å²) in [6.45, 7) is 5.53. The van der Waals surface area contributed by atoms with Crippen LogP contribution in [0.15, 0.2) is 17.0 Å². The van der Waals surface area contributed by atoms with Crippen LogP contribution in [0.4, 0.5) is 0 Å². The van der Waals surface area contributed by atoms with Crippen molar-refractivity contribution < 1.29 is 22.7 Å². The molecule has 0 saturated carbocycles. The lowest BCUT2D eigenvalue weighted by Gasteiger charge is -2.25. The highest BCUT2D eigenvalue weighted by molar-refractivity contribution is 7.89. The highest BCUT2D eigenvalue weighted by atomic mass is 32.2. The fraction of sp³-hybridized carbons (Fsp3) is 0.632. The van der Waals surface area contributed by atoms with Crippen LogP contribution in [-0.2, 0) is 19.6 Å². The first-order chi connectivity index (χ1) is 13.2. The molecule has 1 N–H and O–H groups in total. The minimum Gasteiger partial charge on any atom is -0.496 e. The second-order valence-corrected chi connectivity index (χ2v) is 8.69. The molecule has 1 aromatic carbocycles. The summed E-state index contributed by atoms with van der Waals surface area (Å²) in [5.41, 5.74) is 1.47. The van der Waals surface area contributed by atoms with E-state index in [1.165, 1.54) is 11.4 Å². The summed E-state index contributed by atoms with van der Waals surface area (Å²) >= 11 is 0. The molecule has 0 aliphatic heterocycles. The lowest BCUT2D eigenvalue weighted by atomic mass is 10.1. The van der Waals surface area contributed by atoms with E-state index in [-0.39, 0.29) is 23.9 Å². The van der Waals surface area contributed by atoms with E-state index in [4.69, 9.17) is 9.47 Å². The molecule has 0 aromatic heterocycles. The standard InChI is InChI=1S/C19H33N3O5S/c1-15-12-17(13-16(2)19(15)27-6)28(24,25)22(14-18(23)20-3)10-9-21(4)8-7-11-26-5/h12-13H,7-11,14H2,1-6H3,(H,20,23). The molecule has 0 atom stereocenters. The molecule has 1 aromatic rings. The fourth-order valence-electron chi connectivity index (χ4n) is 2.93. The molecule has 1 rings (SSSR count). The van der Waals surface area contributed by atoms with E-state index in [1.54, 1.807) is 40.2 Å². The molecule has 28 heavy (non-hydrogen) atoms. The topological polar surface area (TPSA) is 88.2 Å². The SMILES string of the molecule is CNC(=O)CN(CCN(C)CCCOC)S(=O)(=O)c1cc(C)c(OC)c(C)c1. The van der Waals surface area contributed by atoms with Gasteiger partial charge in [0.2, 0.25) is 15.9 Å². The average molecular weight is 416 g/mol. The number of rotatable bonds is 12. The van der Waals surface area contributed by atoms with Gasteiger partial charge in [0.25, 0.3) is 0 Å². The van der Waals surface area contributed by atoms with Gasteiger partial charge >= 0.3 is 0 Å². The summed E-state index contributed by atoms with van der Waals surface area (Å²) in [6.07, 6.45) is 0.853. The van der Waals surface area contributed by atoms with Crippen molar-refractivity contribution in [1.82, 2.24) is 14.5 Å². The number of nitrogens with one attached hydrogen (secondary N) is 1. The van der Waals surface area contributed by atoms with Crippen LogP contribution < -0.4 is 10.1 Å². The number of hydrogen-bond donors (Lipinski definition) is 1. The van der Waals surface area contributed by atoms with E-state index in [0.717, 1.165) is 24.1 Å². The van der Waals surface area contributed by atoms with Gasteiger partial charge in [-0.25, -0.2) is 8.42 Å². The van der Waals surface area contributed by atoms with E-state index in [2.05, 4.69) is 5.32 Å². The van der Waals surface area contributed by atoms with Gasteiger partial charge in [-0.2, -0.15) is 4.31 Å². The van der Waals surface area contributed by atoms with E-state index >= 15 is 0 Å². The van der Waals surface area contributed by atoms with Crippen molar-refractivity contribution in [2.75, 3.05) is 61.1 Å². The molecule has 0 fully saturated rings. The van der Waals surface area contributed by atoms with Crippen LogP contribution >= 0.6 is 0 Å². The largest absolute Gasteiger partial charge is 0.496 e. The van der Waals surface area contributed by atoms with Gasteiger partial charge in [0.05, 0.1) is 18.6 Å². The first-order valence-electron chi connectivity index (χ1n) is 9.20. The lowest BCUT2D eigenvalue weighted by molar-refractivity contribution is -0.120. The highest BCUT2D eigenvalue weighted by Crippen LogP contribution is 2.28. The average Bonchev–Trinajstić information content (AvgIpc) is 2.64. The molecule has 0 aliphatic carbocycles. The van der Waals surface area contributed by atoms with Crippen molar-refractivity contribution in [3.63, 3.8) is 0 Å². The van der Waals surface area contributed by atoms with Gasteiger partial charge in [-0.3, -0.25) is 4.79 Å². The van der Waals surface area contributed by atoms with Gasteiger partial charge in [-0.1, -0.05) is 0 Å². The summed E-state index contributed by atoms with van der Waals surface area (Å²) < 4.78 is 38.0. The molecule has 9 heteroatoms. The zero-order chi connectivity index (χ0) is 21.3. The molecule has 160 valence electrons. The Hall–Kier alpha value is -1.68. The number of carbonyl (C=O) groups is 1. The number of carbonyl (C=O) groups excluding carboxylic acids is 1. The Morgan fingerprint density at radius 2 is 1.71 bits per heavy atom. The summed E-state index contributed by atoms with van der Waals surface area (Å²) in [5, 5.41) is 2.49. The molecule has 0 saturated heterocycles. The second-order valence-electron chi connectivity index (χ2n) is 6.75. The first kappa shape index (κ1) is 24.4. The maximum atomic E-state index is 13.2. The van der Waals surface area contributed by atoms with Gasteiger partial charge in [-0.15, -0.1) is 0 Å². The van der Waals surface area contributed by atoms with Gasteiger partial charge < -0.3 is 19.7 Å². The predicted molar refractivity (Wildman–Crippen MR) is 109 cm³/mol. The smallest absolute Gasteiger partial charge is 0.243 e. The van der Waals surface area contributed by atoms with Crippen LogP contribution in [0.3, 0.4) is 0 Å². The van der Waals surface area contributed by atoms with Gasteiger partial charge in [0.15, 0.2) is 0 Å². The van der Waals surface area contributed by atoms with E-state index in [1.807, 2.05) is 11.9 Å². The zero-order valence-corrected chi connectivity index (χ0v) is 18.6. The molecule has 0 unspecified atom stereocenters. The number of methoxy groups -OCH3 is 2. The van der Waals surface area contributed by atoms with Crippen molar-refractivity contribution in [2.45, 2.75) is 25.2 Å². The monoisotopic (exact) mass is 415 g/mol. The Labute approximate surface area is 168 Å². The third-order valence-electron chi connectivity index (χ3n) is 4.49. The van der Waals surface area contributed by atoms with Crippen LogP contribution in [0.25, 0.3) is 0 Å². The normalized spacial score (nSPS) is 11.9. The zero-order valence-electron chi connectivity index (χ0n) is 17.7. The van der Waals surface area contributed by atoms with Crippen LogP contribution in [0.2, 0.25) is 0 Å². The minimum absolute atomic E-state index is 0.161. The molecule has 0 heterocycles. The summed E-state index contributed by atoms with van der Waals surface area (Å²) in [7, 11) is 2.78. The lowest BCUT2D eigenvalue weighted by Crippen LogP contribution is -2.43. The van der Waals surface area contributed by atoms with E-state index in [9.17, 15) is 13.2 Å². The minimum atomic E-state index is -3.83. The Morgan fingerprint density at radius 3 is 2.21 bits per heavy atom. The number of nitrogens with zero attached hydrogens (tertiary/aromatic N) is 2. The van der Waals surface area contributed by atoms with Crippen LogP contribution in [-0.4, -0.2) is 84.6 Å². The van der Waals surface area contributed by atoms with E-state index in [0.29, 0.717) is 18.9 Å². The predicted octanol–water partition coefficient (Wildman–Crippen LogP) is 1.02. The number of ether oxygens (including phenoxy) is 2.